The molecule has 0 N–H and O–H groups in total. The number of amides is 1. The van der Waals surface area contributed by atoms with E-state index >= 15 is 0 Å². The van der Waals surface area contributed by atoms with Gasteiger partial charge in [-0.15, -0.1) is 0 Å². The number of halogens is 2. The summed E-state index contributed by atoms with van der Waals surface area (Å²) in [6.07, 6.45) is 1.82. The SMILES string of the molecule is COc1cc(/C=C2/SC(=S)N(c3cccc(Br)c3)C2=O)cc(Br)c1OCc1cccc2ccccc12. The van der Waals surface area contributed by atoms with Crippen LogP contribution < -0.4 is 14.4 Å². The third-order valence-corrected chi connectivity index (χ3v) is 8.05. The Morgan fingerprint density at radius 2 is 1.78 bits per heavy atom. The molecule has 0 aromatic heterocycles. The average molecular weight is 641 g/mol. The zero-order valence-corrected chi connectivity index (χ0v) is 23.8. The molecule has 0 atom stereocenters. The summed E-state index contributed by atoms with van der Waals surface area (Å²) in [6.45, 7) is 0.390. The van der Waals surface area contributed by atoms with Crippen molar-refractivity contribution in [3.8, 4) is 11.5 Å². The van der Waals surface area contributed by atoms with Gasteiger partial charge in [0.25, 0.3) is 5.91 Å². The number of benzene rings is 4. The second-order valence-corrected chi connectivity index (χ2v) is 11.4. The Morgan fingerprint density at radius 3 is 2.58 bits per heavy atom. The van der Waals surface area contributed by atoms with Gasteiger partial charge in [-0.1, -0.05) is 88.4 Å². The van der Waals surface area contributed by atoms with E-state index in [4.69, 9.17) is 21.7 Å². The van der Waals surface area contributed by atoms with Crippen LogP contribution in [0, 0.1) is 0 Å². The quantitative estimate of drug-likeness (QED) is 0.156. The molecule has 0 radical (unpaired) electrons. The van der Waals surface area contributed by atoms with E-state index in [0.29, 0.717) is 27.3 Å². The first-order valence-corrected chi connectivity index (χ1v) is 13.8. The normalized spacial score (nSPS) is 14.6. The van der Waals surface area contributed by atoms with E-state index < -0.39 is 0 Å². The number of thiocarbonyl (C=S) groups is 1. The lowest BCUT2D eigenvalue weighted by Crippen LogP contribution is -2.27. The standard InChI is InChI=1S/C28H19Br2NO3S2/c1-33-24-13-17(14-25-27(32)31(28(35)36-25)21-10-5-9-20(29)15-21)12-23(30)26(24)34-16-19-8-4-7-18-6-2-3-11-22(18)19/h2-15H,16H2,1H3/b25-14+. The van der Waals surface area contributed by atoms with Crippen molar-refractivity contribution in [2.75, 3.05) is 12.0 Å². The van der Waals surface area contributed by atoms with E-state index in [2.05, 4.69) is 56.1 Å². The molecule has 36 heavy (non-hydrogen) atoms. The van der Waals surface area contributed by atoms with E-state index in [9.17, 15) is 4.79 Å². The minimum atomic E-state index is -0.158. The fourth-order valence-electron chi connectivity index (χ4n) is 3.99. The number of carbonyl (C=O) groups excluding carboxylic acids is 1. The number of anilines is 1. The molecule has 5 rings (SSSR count). The van der Waals surface area contributed by atoms with Gasteiger partial charge in [0.15, 0.2) is 15.8 Å². The Bertz CT molecular complexity index is 1530. The number of hydrogen-bond acceptors (Lipinski definition) is 5. The number of rotatable bonds is 6. The summed E-state index contributed by atoms with van der Waals surface area (Å²) in [5, 5.41) is 2.32. The molecule has 1 saturated heterocycles. The van der Waals surface area contributed by atoms with Crippen LogP contribution in [0.25, 0.3) is 16.8 Å². The lowest BCUT2D eigenvalue weighted by atomic mass is 10.1. The van der Waals surface area contributed by atoms with Gasteiger partial charge in [-0.05, 0) is 74.2 Å². The first-order valence-electron chi connectivity index (χ1n) is 10.9. The fourth-order valence-corrected chi connectivity index (χ4v) is 6.25. The van der Waals surface area contributed by atoms with Crippen molar-refractivity contribution in [2.24, 2.45) is 0 Å². The highest BCUT2D eigenvalue weighted by atomic mass is 79.9. The van der Waals surface area contributed by atoms with E-state index in [0.717, 1.165) is 31.1 Å². The van der Waals surface area contributed by atoms with Crippen LogP contribution in [0.4, 0.5) is 5.69 Å². The van der Waals surface area contributed by atoms with Gasteiger partial charge in [0.2, 0.25) is 0 Å². The molecule has 4 nitrogen and oxygen atoms in total. The molecule has 0 saturated carbocycles. The Morgan fingerprint density at radius 1 is 1.00 bits per heavy atom. The molecule has 1 fully saturated rings. The Hall–Kier alpha value is -2.65. The summed E-state index contributed by atoms with van der Waals surface area (Å²) in [6, 6.07) is 25.7. The number of methoxy groups -OCH3 is 1. The highest BCUT2D eigenvalue weighted by molar-refractivity contribution is 9.10. The molecule has 1 aliphatic rings. The highest BCUT2D eigenvalue weighted by Gasteiger charge is 2.33. The van der Waals surface area contributed by atoms with Crippen LogP contribution in [-0.2, 0) is 11.4 Å². The van der Waals surface area contributed by atoms with Crippen molar-refractivity contribution in [2.45, 2.75) is 6.61 Å². The molecule has 0 spiro atoms. The molecule has 4 aromatic rings. The summed E-state index contributed by atoms with van der Waals surface area (Å²) < 4.78 is 13.9. The van der Waals surface area contributed by atoms with Crippen LogP contribution in [0.1, 0.15) is 11.1 Å². The molecule has 180 valence electrons. The third-order valence-electron chi connectivity index (χ3n) is 5.66. The maximum Gasteiger partial charge on any atom is 0.270 e. The minimum absolute atomic E-state index is 0.158. The fraction of sp³-hybridized carbons (Fsp3) is 0.0714. The van der Waals surface area contributed by atoms with Gasteiger partial charge in [0.1, 0.15) is 6.61 Å². The molecule has 0 unspecified atom stereocenters. The minimum Gasteiger partial charge on any atom is -0.493 e. The van der Waals surface area contributed by atoms with Crippen LogP contribution in [0.15, 0.2) is 92.7 Å². The molecule has 1 amide bonds. The van der Waals surface area contributed by atoms with Crippen LogP contribution >= 0.6 is 55.8 Å². The van der Waals surface area contributed by atoms with Crippen LogP contribution in [-0.4, -0.2) is 17.3 Å². The topological polar surface area (TPSA) is 38.8 Å². The van der Waals surface area contributed by atoms with E-state index in [-0.39, 0.29) is 5.91 Å². The van der Waals surface area contributed by atoms with Crippen molar-refractivity contribution in [3.63, 3.8) is 0 Å². The Kier molecular flexibility index (Phi) is 7.48. The summed E-state index contributed by atoms with van der Waals surface area (Å²) in [7, 11) is 1.60. The maximum absolute atomic E-state index is 13.2. The largest absolute Gasteiger partial charge is 0.493 e. The van der Waals surface area contributed by atoms with Gasteiger partial charge in [-0.2, -0.15) is 0 Å². The second-order valence-electron chi connectivity index (χ2n) is 7.96. The molecule has 4 aromatic carbocycles. The van der Waals surface area contributed by atoms with Gasteiger partial charge < -0.3 is 9.47 Å². The molecule has 0 bridgehead atoms. The first-order chi connectivity index (χ1) is 17.4. The number of nitrogens with zero attached hydrogens (tertiary/aromatic N) is 1. The number of fused-ring (bicyclic) bond motifs is 1. The van der Waals surface area contributed by atoms with Crippen LogP contribution in [0.2, 0.25) is 0 Å². The van der Waals surface area contributed by atoms with E-state index in [1.165, 1.54) is 17.1 Å². The maximum atomic E-state index is 13.2. The molecular formula is C28H19Br2NO3S2. The molecule has 1 aliphatic heterocycles. The van der Waals surface area contributed by atoms with Crippen LogP contribution in [0.3, 0.4) is 0 Å². The van der Waals surface area contributed by atoms with E-state index in [1.807, 2.05) is 60.7 Å². The van der Waals surface area contributed by atoms with Crippen molar-refractivity contribution in [3.05, 3.63) is 104 Å². The third kappa shape index (κ3) is 5.09. The van der Waals surface area contributed by atoms with Crippen molar-refractivity contribution >= 4 is 88.6 Å². The summed E-state index contributed by atoms with van der Waals surface area (Å²) in [5.41, 5.74) is 2.61. The predicted octanol–water partition coefficient (Wildman–Crippen LogP) is 8.36. The monoisotopic (exact) mass is 639 g/mol. The molecule has 0 aliphatic carbocycles. The Labute approximate surface area is 235 Å². The van der Waals surface area contributed by atoms with Crippen molar-refractivity contribution < 1.29 is 14.3 Å². The lowest BCUT2D eigenvalue weighted by Gasteiger charge is -2.15. The second kappa shape index (κ2) is 10.8. The average Bonchev–Trinajstić information content (AvgIpc) is 3.15. The predicted molar refractivity (Wildman–Crippen MR) is 159 cm³/mol. The van der Waals surface area contributed by atoms with Gasteiger partial charge in [0, 0.05) is 4.47 Å². The van der Waals surface area contributed by atoms with Gasteiger partial charge >= 0.3 is 0 Å². The zero-order chi connectivity index (χ0) is 25.2. The van der Waals surface area contributed by atoms with Crippen molar-refractivity contribution in [1.82, 2.24) is 0 Å². The summed E-state index contributed by atoms with van der Waals surface area (Å²) >= 11 is 13.9. The summed E-state index contributed by atoms with van der Waals surface area (Å²) in [4.78, 5) is 15.3. The lowest BCUT2D eigenvalue weighted by molar-refractivity contribution is -0.113. The smallest absolute Gasteiger partial charge is 0.270 e. The van der Waals surface area contributed by atoms with Gasteiger partial charge in [-0.3, -0.25) is 9.69 Å². The summed E-state index contributed by atoms with van der Waals surface area (Å²) in [5.74, 6) is 1.01. The Balaban J connectivity index is 1.41. The highest BCUT2D eigenvalue weighted by Crippen LogP contribution is 2.41. The van der Waals surface area contributed by atoms with Crippen molar-refractivity contribution in [1.29, 1.82) is 0 Å². The van der Waals surface area contributed by atoms with E-state index in [1.54, 1.807) is 12.0 Å². The zero-order valence-electron chi connectivity index (χ0n) is 19.0. The van der Waals surface area contributed by atoms with Gasteiger partial charge in [0.05, 0.1) is 22.2 Å². The number of hydrogen-bond donors (Lipinski definition) is 0. The molecule has 1 heterocycles. The van der Waals surface area contributed by atoms with Crippen LogP contribution in [0.5, 0.6) is 11.5 Å². The number of carbonyl (C=O) groups is 1. The number of ether oxygens (including phenoxy) is 2. The number of thioether (sulfide) groups is 1. The molecular weight excluding hydrogens is 622 g/mol. The van der Waals surface area contributed by atoms with Gasteiger partial charge in [-0.25, -0.2) is 0 Å². The molecule has 8 heteroatoms. The first kappa shape index (κ1) is 25.0.